The summed E-state index contributed by atoms with van der Waals surface area (Å²) in [6, 6.07) is -0.620. The molecule has 0 spiro atoms. The van der Waals surface area contributed by atoms with E-state index in [1.54, 1.807) is 0 Å². The number of quaternary nitrogens is 1. The first-order valence-corrected chi connectivity index (χ1v) is 15.5. The monoisotopic (exact) mass is 580 g/mol. The van der Waals surface area contributed by atoms with E-state index in [9.17, 15) is 19.5 Å². The average Bonchev–Trinajstić information content (AvgIpc) is 2.91. The van der Waals surface area contributed by atoms with Crippen LogP contribution in [0.25, 0.3) is 0 Å². The molecule has 0 aliphatic heterocycles. The molecule has 0 fully saturated rings. The van der Waals surface area contributed by atoms with Gasteiger partial charge < -0.3 is 23.8 Å². The van der Waals surface area contributed by atoms with E-state index < -0.39 is 18.1 Å². The number of carboxylic acids is 1. The van der Waals surface area contributed by atoms with Crippen LogP contribution in [-0.4, -0.2) is 80.6 Å². The molecule has 0 saturated heterocycles. The second kappa shape index (κ2) is 25.3. The van der Waals surface area contributed by atoms with E-state index in [2.05, 4.69) is 44.2 Å². The molecule has 2 unspecified atom stereocenters. The van der Waals surface area contributed by atoms with Crippen LogP contribution in [-0.2, 0) is 28.6 Å². The molecule has 0 aliphatic carbocycles. The molecule has 0 aromatic rings. The van der Waals surface area contributed by atoms with Gasteiger partial charge in [0.1, 0.15) is 6.61 Å². The molecule has 0 saturated carbocycles. The Hall–Kier alpha value is -2.45. The molecular formula is C33H58NO7+. The molecule has 0 aliphatic rings. The van der Waals surface area contributed by atoms with Crippen LogP contribution in [0.4, 0.5) is 0 Å². The van der Waals surface area contributed by atoms with Gasteiger partial charge in [-0.15, -0.1) is 0 Å². The number of hydrogen-bond acceptors (Lipinski definition) is 6. The number of carboxylic acid groups (broad SMARTS) is 1. The zero-order valence-electron chi connectivity index (χ0n) is 26.5. The van der Waals surface area contributed by atoms with Crippen molar-refractivity contribution in [2.24, 2.45) is 0 Å². The maximum atomic E-state index is 12.4. The van der Waals surface area contributed by atoms with Crippen molar-refractivity contribution < 1.29 is 38.2 Å². The summed E-state index contributed by atoms with van der Waals surface area (Å²) in [5.74, 6) is -1.59. The van der Waals surface area contributed by atoms with Crippen molar-refractivity contribution in [2.45, 2.75) is 116 Å². The van der Waals surface area contributed by atoms with E-state index in [1.165, 1.54) is 19.3 Å². The summed E-state index contributed by atoms with van der Waals surface area (Å²) < 4.78 is 16.9. The van der Waals surface area contributed by atoms with Gasteiger partial charge >= 0.3 is 17.9 Å². The molecular weight excluding hydrogens is 522 g/mol. The highest BCUT2D eigenvalue weighted by Crippen LogP contribution is 2.10. The van der Waals surface area contributed by atoms with Gasteiger partial charge in [-0.3, -0.25) is 9.59 Å². The highest BCUT2D eigenvalue weighted by atomic mass is 16.6. The van der Waals surface area contributed by atoms with Crippen LogP contribution < -0.4 is 0 Å². The third kappa shape index (κ3) is 23.9. The van der Waals surface area contributed by atoms with Gasteiger partial charge in [-0.1, -0.05) is 69.6 Å². The van der Waals surface area contributed by atoms with Gasteiger partial charge in [0.25, 0.3) is 0 Å². The molecule has 0 bridgehead atoms. The van der Waals surface area contributed by atoms with Crippen LogP contribution in [0.1, 0.15) is 104 Å². The number of aliphatic carboxylic acids is 1. The van der Waals surface area contributed by atoms with Gasteiger partial charge in [0, 0.05) is 19.3 Å². The Kier molecular flexibility index (Phi) is 23.8. The van der Waals surface area contributed by atoms with E-state index in [0.717, 1.165) is 44.9 Å². The lowest BCUT2D eigenvalue weighted by Gasteiger charge is -2.31. The number of hydrogen-bond donors (Lipinski definition) is 1. The molecule has 0 heterocycles. The van der Waals surface area contributed by atoms with Gasteiger partial charge in [0.2, 0.25) is 0 Å². The number of allylic oxidation sites excluding steroid dienone is 6. The van der Waals surface area contributed by atoms with E-state index in [4.69, 9.17) is 14.2 Å². The standard InChI is InChI=1S/C33H57NO7/c1-6-8-10-12-14-16-18-19-21-23-31(35)40-28-29(27-39-26-25-30(33(37)38)34(3,4)5)41-32(36)24-22-20-17-15-13-11-9-7-2/h8,10,14,16-17,20,29-30H,6-7,9,11-13,15,18-19,21-28H2,1-5H3/p+1/b10-8+,16-14+,20-17+. The van der Waals surface area contributed by atoms with Crippen LogP contribution >= 0.6 is 0 Å². The predicted molar refractivity (Wildman–Crippen MR) is 165 cm³/mol. The first kappa shape index (κ1) is 38.5. The number of esters is 2. The topological polar surface area (TPSA) is 99.1 Å². The van der Waals surface area contributed by atoms with Gasteiger partial charge in [-0.2, -0.15) is 0 Å². The highest BCUT2D eigenvalue weighted by molar-refractivity contribution is 5.72. The Bertz CT molecular complexity index is 783. The number of carbonyl (C=O) groups excluding carboxylic acids is 2. The lowest BCUT2D eigenvalue weighted by molar-refractivity contribution is -0.887. The second-order valence-corrected chi connectivity index (χ2v) is 11.3. The third-order valence-corrected chi connectivity index (χ3v) is 6.54. The summed E-state index contributed by atoms with van der Waals surface area (Å²) in [7, 11) is 5.47. The third-order valence-electron chi connectivity index (χ3n) is 6.54. The maximum Gasteiger partial charge on any atom is 0.362 e. The number of ether oxygens (including phenoxy) is 3. The summed E-state index contributed by atoms with van der Waals surface area (Å²) in [6.07, 6.45) is 23.7. The van der Waals surface area contributed by atoms with E-state index >= 15 is 0 Å². The molecule has 41 heavy (non-hydrogen) atoms. The van der Waals surface area contributed by atoms with Gasteiger partial charge in [0.15, 0.2) is 12.1 Å². The quantitative estimate of drug-likeness (QED) is 0.0521. The van der Waals surface area contributed by atoms with Crippen molar-refractivity contribution in [2.75, 3.05) is 41.0 Å². The van der Waals surface area contributed by atoms with Crippen molar-refractivity contribution >= 4 is 17.9 Å². The second-order valence-electron chi connectivity index (χ2n) is 11.3. The number of carbonyl (C=O) groups is 3. The molecule has 0 aromatic heterocycles. The zero-order chi connectivity index (χ0) is 30.8. The maximum absolute atomic E-state index is 12.4. The summed E-state index contributed by atoms with van der Waals surface area (Å²) in [5.41, 5.74) is 0. The Balaban J connectivity index is 4.63. The van der Waals surface area contributed by atoms with Gasteiger partial charge in [-0.05, 0) is 51.4 Å². The van der Waals surface area contributed by atoms with Crippen LogP contribution in [0.2, 0.25) is 0 Å². The molecule has 2 atom stereocenters. The minimum absolute atomic E-state index is 0.0348. The fourth-order valence-corrected chi connectivity index (χ4v) is 4.08. The van der Waals surface area contributed by atoms with Crippen molar-refractivity contribution in [1.29, 1.82) is 0 Å². The molecule has 8 nitrogen and oxygen atoms in total. The number of rotatable bonds is 26. The Morgan fingerprint density at radius 1 is 0.756 bits per heavy atom. The first-order valence-electron chi connectivity index (χ1n) is 15.5. The van der Waals surface area contributed by atoms with Crippen molar-refractivity contribution in [3.8, 4) is 0 Å². The molecule has 8 heteroatoms. The fraction of sp³-hybridized carbons (Fsp3) is 0.727. The predicted octanol–water partition coefficient (Wildman–Crippen LogP) is 6.79. The minimum atomic E-state index is -0.889. The van der Waals surface area contributed by atoms with E-state index in [1.807, 2.05) is 27.2 Å². The fourth-order valence-electron chi connectivity index (χ4n) is 4.08. The number of unbranched alkanes of at least 4 members (excludes halogenated alkanes) is 6. The lowest BCUT2D eigenvalue weighted by Crippen LogP contribution is -2.50. The Labute approximate surface area is 249 Å². The largest absolute Gasteiger partial charge is 0.477 e. The zero-order valence-corrected chi connectivity index (χ0v) is 26.5. The summed E-state index contributed by atoms with van der Waals surface area (Å²) in [6.45, 7) is 4.44. The van der Waals surface area contributed by atoms with Gasteiger partial charge in [-0.25, -0.2) is 4.79 Å². The van der Waals surface area contributed by atoms with Crippen LogP contribution in [0, 0.1) is 0 Å². The van der Waals surface area contributed by atoms with Crippen molar-refractivity contribution in [1.82, 2.24) is 0 Å². The van der Waals surface area contributed by atoms with Gasteiger partial charge in [0.05, 0.1) is 34.4 Å². The summed E-state index contributed by atoms with van der Waals surface area (Å²) in [4.78, 5) is 36.3. The van der Waals surface area contributed by atoms with Crippen molar-refractivity contribution in [3.05, 3.63) is 36.5 Å². The SMILES string of the molecule is CC/C=C/C/C=C/CCCCC(=O)OCC(COCCC(C(=O)O)[N+](C)(C)C)OC(=O)CC/C=C/CCCCCC. The Morgan fingerprint density at radius 3 is 2.07 bits per heavy atom. The summed E-state index contributed by atoms with van der Waals surface area (Å²) in [5, 5.41) is 9.51. The van der Waals surface area contributed by atoms with E-state index in [-0.39, 0.29) is 42.7 Å². The molecule has 0 aromatic carbocycles. The van der Waals surface area contributed by atoms with Crippen molar-refractivity contribution in [3.63, 3.8) is 0 Å². The molecule has 0 amide bonds. The number of likely N-dealkylation sites (N-methyl/N-ethyl adjacent to an activating group) is 1. The molecule has 1 N–H and O–H groups in total. The van der Waals surface area contributed by atoms with E-state index in [0.29, 0.717) is 19.3 Å². The van der Waals surface area contributed by atoms with Crippen LogP contribution in [0.15, 0.2) is 36.5 Å². The highest BCUT2D eigenvalue weighted by Gasteiger charge is 2.31. The minimum Gasteiger partial charge on any atom is -0.477 e. The average molecular weight is 581 g/mol. The lowest BCUT2D eigenvalue weighted by atomic mass is 10.1. The van der Waals surface area contributed by atoms with Crippen LogP contribution in [0.5, 0.6) is 0 Å². The summed E-state index contributed by atoms with van der Waals surface area (Å²) >= 11 is 0. The molecule has 0 rings (SSSR count). The Morgan fingerprint density at radius 2 is 1.41 bits per heavy atom. The molecule has 0 radical (unpaired) electrons. The number of nitrogens with zero attached hydrogens (tertiary/aromatic N) is 1. The smallest absolute Gasteiger partial charge is 0.362 e. The van der Waals surface area contributed by atoms with Crippen LogP contribution in [0.3, 0.4) is 0 Å². The normalized spacial score (nSPS) is 13.7. The molecule has 236 valence electrons. The first-order chi connectivity index (χ1) is 19.6.